The molecule has 0 aliphatic heterocycles. The third kappa shape index (κ3) is 2.34. The molecule has 0 bridgehead atoms. The topological polar surface area (TPSA) is 55.8 Å². The van der Waals surface area contributed by atoms with E-state index < -0.39 is 5.97 Å². The van der Waals surface area contributed by atoms with Crippen LogP contribution in [0.2, 0.25) is 0 Å². The van der Waals surface area contributed by atoms with Crippen LogP contribution in [0.4, 0.5) is 0 Å². The Bertz CT molecular complexity index is 410. The molecule has 0 atom stereocenters. The molecule has 1 rings (SSSR count). The Labute approximate surface area is 94.1 Å². The number of benzene rings is 1. The average molecular weight is 222 g/mol. The van der Waals surface area contributed by atoms with Gasteiger partial charge < -0.3 is 14.6 Å². The molecule has 1 N–H and O–H groups in total. The van der Waals surface area contributed by atoms with Crippen LogP contribution >= 0.6 is 0 Å². The van der Waals surface area contributed by atoms with E-state index in [2.05, 4.69) is 11.3 Å². The lowest BCUT2D eigenvalue weighted by atomic mass is 10.1. The van der Waals surface area contributed by atoms with Crippen molar-refractivity contribution in [1.82, 2.24) is 0 Å². The zero-order valence-electron chi connectivity index (χ0n) is 9.32. The highest BCUT2D eigenvalue weighted by atomic mass is 16.5. The van der Waals surface area contributed by atoms with E-state index in [-0.39, 0.29) is 11.3 Å². The molecule has 0 aromatic heterocycles. The summed E-state index contributed by atoms with van der Waals surface area (Å²) in [4.78, 5) is 11.4. The van der Waals surface area contributed by atoms with E-state index in [9.17, 15) is 9.90 Å². The number of allylic oxidation sites excluding steroid dienone is 1. The van der Waals surface area contributed by atoms with Gasteiger partial charge in [-0.1, -0.05) is 6.08 Å². The Morgan fingerprint density at radius 1 is 1.50 bits per heavy atom. The molecule has 0 saturated heterocycles. The highest BCUT2D eigenvalue weighted by molar-refractivity contribution is 5.93. The maximum atomic E-state index is 11.4. The largest absolute Gasteiger partial charge is 0.508 e. The van der Waals surface area contributed by atoms with E-state index in [1.54, 1.807) is 12.1 Å². The van der Waals surface area contributed by atoms with Gasteiger partial charge >= 0.3 is 5.97 Å². The minimum absolute atomic E-state index is 0.0288. The van der Waals surface area contributed by atoms with Crippen LogP contribution in [0.3, 0.4) is 0 Å². The number of rotatable bonds is 4. The number of carbonyl (C=O) groups excluding carboxylic acids is 1. The van der Waals surface area contributed by atoms with Crippen molar-refractivity contribution in [2.45, 2.75) is 6.42 Å². The van der Waals surface area contributed by atoms with Gasteiger partial charge in [-0.15, -0.1) is 6.58 Å². The first-order chi connectivity index (χ1) is 7.63. The van der Waals surface area contributed by atoms with Crippen molar-refractivity contribution in [2.24, 2.45) is 0 Å². The van der Waals surface area contributed by atoms with Crippen LogP contribution in [0.5, 0.6) is 11.5 Å². The van der Waals surface area contributed by atoms with E-state index in [1.165, 1.54) is 20.3 Å². The smallest absolute Gasteiger partial charge is 0.341 e. The molecular formula is C12H14O4. The zero-order chi connectivity index (χ0) is 12.1. The summed E-state index contributed by atoms with van der Waals surface area (Å²) in [5.74, 6) is -0.139. The lowest BCUT2D eigenvalue weighted by molar-refractivity contribution is 0.0596. The van der Waals surface area contributed by atoms with Gasteiger partial charge in [0.1, 0.15) is 17.1 Å². The summed E-state index contributed by atoms with van der Waals surface area (Å²) in [6.45, 7) is 3.58. The first kappa shape index (κ1) is 12.1. The second kappa shape index (κ2) is 5.21. The molecule has 4 nitrogen and oxygen atoms in total. The average Bonchev–Trinajstić information content (AvgIpc) is 2.30. The molecule has 86 valence electrons. The number of phenolic OH excluding ortho intramolecular Hbond substituents is 1. The van der Waals surface area contributed by atoms with E-state index >= 15 is 0 Å². The Morgan fingerprint density at radius 2 is 2.19 bits per heavy atom. The predicted molar refractivity (Wildman–Crippen MR) is 59.9 cm³/mol. The molecule has 1 aromatic rings. The van der Waals surface area contributed by atoms with Crippen molar-refractivity contribution in [3.63, 3.8) is 0 Å². The molecule has 0 aliphatic rings. The van der Waals surface area contributed by atoms with Gasteiger partial charge in [0.2, 0.25) is 0 Å². The van der Waals surface area contributed by atoms with Crippen LogP contribution in [0, 0.1) is 0 Å². The fourth-order valence-electron chi connectivity index (χ4n) is 1.37. The quantitative estimate of drug-likeness (QED) is 0.624. The summed E-state index contributed by atoms with van der Waals surface area (Å²) in [5, 5.41) is 9.68. The van der Waals surface area contributed by atoms with Crippen LogP contribution in [-0.2, 0) is 11.2 Å². The van der Waals surface area contributed by atoms with Gasteiger partial charge in [-0.05, 0) is 18.6 Å². The molecule has 0 unspecified atom stereocenters. The lowest BCUT2D eigenvalue weighted by Crippen LogP contribution is -2.04. The Kier molecular flexibility index (Phi) is 3.94. The van der Waals surface area contributed by atoms with Gasteiger partial charge in [0.15, 0.2) is 0 Å². The second-order valence-electron chi connectivity index (χ2n) is 3.17. The van der Waals surface area contributed by atoms with Gasteiger partial charge in [-0.2, -0.15) is 0 Å². The Hall–Kier alpha value is -1.97. The first-order valence-corrected chi connectivity index (χ1v) is 4.73. The standard InChI is InChI=1S/C12H14O4/c1-4-5-8-6-11(15-2)9(7-10(8)13)12(14)16-3/h4,6-7,13H,1,5H2,2-3H3. The van der Waals surface area contributed by atoms with Crippen molar-refractivity contribution < 1.29 is 19.4 Å². The maximum absolute atomic E-state index is 11.4. The number of ether oxygens (including phenoxy) is 2. The molecular weight excluding hydrogens is 208 g/mol. The molecule has 0 aliphatic carbocycles. The van der Waals surface area contributed by atoms with E-state index in [4.69, 9.17) is 4.74 Å². The molecule has 4 heteroatoms. The SMILES string of the molecule is C=CCc1cc(OC)c(C(=O)OC)cc1O. The normalized spacial score (nSPS) is 9.62. The van der Waals surface area contributed by atoms with Crippen LogP contribution < -0.4 is 4.74 Å². The van der Waals surface area contributed by atoms with Crippen LogP contribution in [0.15, 0.2) is 24.8 Å². The fraction of sp³-hybridized carbons (Fsp3) is 0.250. The summed E-state index contributed by atoms with van der Waals surface area (Å²) in [6.07, 6.45) is 2.16. The monoisotopic (exact) mass is 222 g/mol. The number of aromatic hydroxyl groups is 1. The lowest BCUT2D eigenvalue weighted by Gasteiger charge is -2.10. The highest BCUT2D eigenvalue weighted by Crippen LogP contribution is 2.29. The summed E-state index contributed by atoms with van der Waals surface area (Å²) in [6, 6.07) is 2.94. The molecule has 0 heterocycles. The van der Waals surface area contributed by atoms with Crippen LogP contribution in [0.25, 0.3) is 0 Å². The van der Waals surface area contributed by atoms with E-state index in [0.717, 1.165) is 0 Å². The number of methoxy groups -OCH3 is 2. The van der Waals surface area contributed by atoms with Crippen LogP contribution in [-0.4, -0.2) is 25.3 Å². The number of esters is 1. The number of hydrogen-bond donors (Lipinski definition) is 1. The van der Waals surface area contributed by atoms with Gasteiger partial charge in [-0.3, -0.25) is 0 Å². The molecule has 16 heavy (non-hydrogen) atoms. The summed E-state index contributed by atoms with van der Waals surface area (Å²) < 4.78 is 9.65. The first-order valence-electron chi connectivity index (χ1n) is 4.73. The van der Waals surface area contributed by atoms with E-state index in [1.807, 2.05) is 0 Å². The Morgan fingerprint density at radius 3 is 2.69 bits per heavy atom. The van der Waals surface area contributed by atoms with Gasteiger partial charge in [-0.25, -0.2) is 4.79 Å². The number of phenols is 1. The van der Waals surface area contributed by atoms with Crippen molar-refractivity contribution in [3.05, 3.63) is 35.9 Å². The fourth-order valence-corrected chi connectivity index (χ4v) is 1.37. The molecule has 0 radical (unpaired) electrons. The Balaban J connectivity index is 3.25. The highest BCUT2D eigenvalue weighted by Gasteiger charge is 2.16. The van der Waals surface area contributed by atoms with Crippen LogP contribution in [0.1, 0.15) is 15.9 Å². The van der Waals surface area contributed by atoms with Crippen molar-refractivity contribution >= 4 is 5.97 Å². The molecule has 0 amide bonds. The molecule has 1 aromatic carbocycles. The molecule has 0 saturated carbocycles. The maximum Gasteiger partial charge on any atom is 0.341 e. The van der Waals surface area contributed by atoms with Crippen molar-refractivity contribution in [2.75, 3.05) is 14.2 Å². The summed E-state index contributed by atoms with van der Waals surface area (Å²) in [5.41, 5.74) is 0.856. The third-order valence-corrected chi connectivity index (χ3v) is 2.17. The summed E-state index contributed by atoms with van der Waals surface area (Å²) in [7, 11) is 2.73. The van der Waals surface area contributed by atoms with Gasteiger partial charge in [0.25, 0.3) is 0 Å². The van der Waals surface area contributed by atoms with Crippen molar-refractivity contribution in [1.29, 1.82) is 0 Å². The zero-order valence-corrected chi connectivity index (χ0v) is 9.32. The van der Waals surface area contributed by atoms with Gasteiger partial charge in [0.05, 0.1) is 14.2 Å². The third-order valence-electron chi connectivity index (χ3n) is 2.17. The molecule has 0 spiro atoms. The number of carbonyl (C=O) groups is 1. The number of hydrogen-bond acceptors (Lipinski definition) is 4. The second-order valence-corrected chi connectivity index (χ2v) is 3.17. The minimum atomic E-state index is -0.544. The van der Waals surface area contributed by atoms with E-state index in [0.29, 0.717) is 17.7 Å². The van der Waals surface area contributed by atoms with Gasteiger partial charge in [0, 0.05) is 5.56 Å². The summed E-state index contributed by atoms with van der Waals surface area (Å²) >= 11 is 0. The molecule has 0 fully saturated rings. The predicted octanol–water partition coefficient (Wildman–Crippen LogP) is 1.92. The van der Waals surface area contributed by atoms with Crippen molar-refractivity contribution in [3.8, 4) is 11.5 Å². The minimum Gasteiger partial charge on any atom is -0.508 e.